The second kappa shape index (κ2) is 7.39. The van der Waals surface area contributed by atoms with Crippen LogP contribution in [0.2, 0.25) is 0 Å². The lowest BCUT2D eigenvalue weighted by Gasteiger charge is -2.31. The van der Waals surface area contributed by atoms with Crippen LogP contribution in [0, 0.1) is 12.8 Å². The molecule has 0 spiro atoms. The highest BCUT2D eigenvalue weighted by Gasteiger charge is 2.29. The molecule has 0 N–H and O–H groups in total. The molecular formula is C21H22N2O4. The summed E-state index contributed by atoms with van der Waals surface area (Å²) in [5.41, 5.74) is 1.93. The van der Waals surface area contributed by atoms with E-state index in [0.717, 1.165) is 5.69 Å². The third-order valence-corrected chi connectivity index (χ3v) is 5.09. The Morgan fingerprint density at radius 1 is 1.04 bits per heavy atom. The zero-order valence-electron chi connectivity index (χ0n) is 15.3. The van der Waals surface area contributed by atoms with Crippen LogP contribution in [0.3, 0.4) is 0 Å². The summed E-state index contributed by atoms with van der Waals surface area (Å²) in [6, 6.07) is 10.8. The number of aryl methyl sites for hydroxylation is 1. The number of ether oxygens (including phenoxy) is 2. The minimum atomic E-state index is -0.0814. The van der Waals surface area contributed by atoms with Gasteiger partial charge in [-0.05, 0) is 50.1 Å². The second-order valence-electron chi connectivity index (χ2n) is 6.95. The number of fused-ring (bicyclic) bond motifs is 1. The third-order valence-electron chi connectivity index (χ3n) is 5.09. The molecule has 0 bridgehead atoms. The molecule has 2 aliphatic rings. The first kappa shape index (κ1) is 17.5. The van der Waals surface area contributed by atoms with Gasteiger partial charge in [0.15, 0.2) is 17.3 Å². The smallest absolute Gasteiger partial charge is 0.272 e. The Morgan fingerprint density at radius 2 is 1.78 bits per heavy atom. The minimum Gasteiger partial charge on any atom is -0.486 e. The summed E-state index contributed by atoms with van der Waals surface area (Å²) in [6.45, 7) is 4.03. The predicted molar refractivity (Wildman–Crippen MR) is 99.4 cm³/mol. The van der Waals surface area contributed by atoms with Crippen molar-refractivity contribution in [2.24, 2.45) is 5.92 Å². The fourth-order valence-corrected chi connectivity index (χ4v) is 3.60. The van der Waals surface area contributed by atoms with Gasteiger partial charge in [-0.3, -0.25) is 9.59 Å². The van der Waals surface area contributed by atoms with Gasteiger partial charge < -0.3 is 14.4 Å². The van der Waals surface area contributed by atoms with Crippen molar-refractivity contribution in [2.45, 2.75) is 19.8 Å². The van der Waals surface area contributed by atoms with Crippen LogP contribution in [-0.2, 0) is 0 Å². The average molecular weight is 366 g/mol. The lowest BCUT2D eigenvalue weighted by Crippen LogP contribution is -2.40. The van der Waals surface area contributed by atoms with E-state index in [2.05, 4.69) is 4.98 Å². The predicted octanol–water partition coefficient (Wildman–Crippen LogP) is 2.90. The Bertz CT molecular complexity index is 872. The van der Waals surface area contributed by atoms with Gasteiger partial charge in [-0.15, -0.1) is 0 Å². The Morgan fingerprint density at radius 3 is 2.52 bits per heavy atom. The number of Topliss-reactive ketones (excluding diaryl/α,β-unsaturated/α-hetero) is 1. The van der Waals surface area contributed by atoms with E-state index in [1.165, 1.54) is 0 Å². The number of likely N-dealkylation sites (tertiary alicyclic amines) is 1. The fraction of sp³-hybridized carbons (Fsp3) is 0.381. The molecule has 1 aromatic heterocycles. The first-order chi connectivity index (χ1) is 13.1. The molecular weight excluding hydrogens is 344 g/mol. The van der Waals surface area contributed by atoms with Crippen molar-refractivity contribution < 1.29 is 19.1 Å². The number of carbonyl (C=O) groups excluding carboxylic acids is 2. The molecule has 4 rings (SSSR count). The highest BCUT2D eigenvalue weighted by molar-refractivity contribution is 5.99. The van der Waals surface area contributed by atoms with Crippen molar-refractivity contribution in [1.29, 1.82) is 0 Å². The van der Waals surface area contributed by atoms with Crippen LogP contribution < -0.4 is 9.47 Å². The van der Waals surface area contributed by atoms with Gasteiger partial charge in [0, 0.05) is 30.3 Å². The molecule has 140 valence electrons. The van der Waals surface area contributed by atoms with Crippen LogP contribution in [0.5, 0.6) is 11.5 Å². The number of pyridine rings is 1. The Hall–Kier alpha value is -2.89. The van der Waals surface area contributed by atoms with E-state index >= 15 is 0 Å². The summed E-state index contributed by atoms with van der Waals surface area (Å²) < 4.78 is 11.1. The van der Waals surface area contributed by atoms with Crippen molar-refractivity contribution in [3.8, 4) is 11.5 Å². The summed E-state index contributed by atoms with van der Waals surface area (Å²) in [4.78, 5) is 31.6. The molecule has 3 heterocycles. The van der Waals surface area contributed by atoms with E-state index in [0.29, 0.717) is 61.9 Å². The van der Waals surface area contributed by atoms with Crippen molar-refractivity contribution >= 4 is 11.7 Å². The molecule has 6 nitrogen and oxygen atoms in total. The molecule has 1 amide bonds. The molecule has 2 aromatic rings. The molecule has 0 saturated carbocycles. The maximum Gasteiger partial charge on any atom is 0.272 e. The van der Waals surface area contributed by atoms with E-state index in [1.807, 2.05) is 19.1 Å². The van der Waals surface area contributed by atoms with E-state index in [1.54, 1.807) is 29.2 Å². The molecule has 6 heteroatoms. The van der Waals surface area contributed by atoms with Gasteiger partial charge in [0.1, 0.15) is 18.9 Å². The summed E-state index contributed by atoms with van der Waals surface area (Å²) in [5, 5.41) is 0. The van der Waals surface area contributed by atoms with Crippen LogP contribution in [-0.4, -0.2) is 47.9 Å². The van der Waals surface area contributed by atoms with Gasteiger partial charge in [0.05, 0.1) is 0 Å². The normalized spacial score (nSPS) is 16.9. The first-order valence-corrected chi connectivity index (χ1v) is 9.28. The standard InChI is InChI=1S/C21H22N2O4/c1-14-3-2-4-17(22-14)21(25)23-9-7-15(8-10-23)20(24)16-5-6-18-19(13-16)27-12-11-26-18/h2-6,13,15H,7-12H2,1H3. The number of hydrogen-bond donors (Lipinski definition) is 0. The molecule has 0 aliphatic carbocycles. The van der Waals surface area contributed by atoms with Crippen LogP contribution in [0.15, 0.2) is 36.4 Å². The third kappa shape index (κ3) is 3.65. The van der Waals surface area contributed by atoms with E-state index < -0.39 is 0 Å². The number of hydrogen-bond acceptors (Lipinski definition) is 5. The number of rotatable bonds is 3. The maximum absolute atomic E-state index is 12.9. The highest BCUT2D eigenvalue weighted by Crippen LogP contribution is 2.32. The quantitative estimate of drug-likeness (QED) is 0.782. The molecule has 2 aliphatic heterocycles. The minimum absolute atomic E-state index is 0.0658. The average Bonchev–Trinajstić information content (AvgIpc) is 2.72. The van der Waals surface area contributed by atoms with Gasteiger partial charge >= 0.3 is 0 Å². The maximum atomic E-state index is 12.9. The molecule has 0 unspecified atom stereocenters. The van der Waals surface area contributed by atoms with Crippen LogP contribution in [0.1, 0.15) is 39.4 Å². The number of aromatic nitrogens is 1. The van der Waals surface area contributed by atoms with Crippen molar-refractivity contribution in [3.63, 3.8) is 0 Å². The molecule has 1 fully saturated rings. The Kier molecular flexibility index (Phi) is 4.79. The number of piperidine rings is 1. The van der Waals surface area contributed by atoms with Gasteiger partial charge in [0.2, 0.25) is 0 Å². The number of ketones is 1. The van der Waals surface area contributed by atoms with Crippen molar-refractivity contribution in [2.75, 3.05) is 26.3 Å². The summed E-state index contributed by atoms with van der Waals surface area (Å²) >= 11 is 0. The zero-order chi connectivity index (χ0) is 18.8. The van der Waals surface area contributed by atoms with Gasteiger partial charge in [0.25, 0.3) is 5.91 Å². The van der Waals surface area contributed by atoms with Crippen LogP contribution in [0.4, 0.5) is 0 Å². The first-order valence-electron chi connectivity index (χ1n) is 9.28. The van der Waals surface area contributed by atoms with E-state index in [-0.39, 0.29) is 17.6 Å². The lowest BCUT2D eigenvalue weighted by molar-refractivity contribution is 0.0645. The monoisotopic (exact) mass is 366 g/mol. The molecule has 1 aromatic carbocycles. The van der Waals surface area contributed by atoms with Crippen LogP contribution >= 0.6 is 0 Å². The molecule has 1 saturated heterocycles. The van der Waals surface area contributed by atoms with Crippen LogP contribution in [0.25, 0.3) is 0 Å². The van der Waals surface area contributed by atoms with Gasteiger partial charge in [-0.1, -0.05) is 6.07 Å². The SMILES string of the molecule is Cc1cccc(C(=O)N2CCC(C(=O)c3ccc4c(c3)OCCO4)CC2)n1. The summed E-state index contributed by atoms with van der Waals surface area (Å²) in [6.07, 6.45) is 1.32. The number of amides is 1. The van der Waals surface area contributed by atoms with Gasteiger partial charge in [-0.2, -0.15) is 0 Å². The van der Waals surface area contributed by atoms with E-state index in [4.69, 9.17) is 9.47 Å². The lowest BCUT2D eigenvalue weighted by atomic mass is 9.88. The van der Waals surface area contributed by atoms with Crippen molar-refractivity contribution in [1.82, 2.24) is 9.88 Å². The Labute approximate surface area is 158 Å². The Balaban J connectivity index is 1.40. The zero-order valence-corrected chi connectivity index (χ0v) is 15.3. The fourth-order valence-electron chi connectivity index (χ4n) is 3.60. The molecule has 27 heavy (non-hydrogen) atoms. The number of carbonyl (C=O) groups is 2. The highest BCUT2D eigenvalue weighted by atomic mass is 16.6. The number of nitrogens with zero attached hydrogens (tertiary/aromatic N) is 2. The topological polar surface area (TPSA) is 68.7 Å². The summed E-state index contributed by atoms with van der Waals surface area (Å²) in [7, 11) is 0. The molecule has 0 radical (unpaired) electrons. The second-order valence-corrected chi connectivity index (χ2v) is 6.95. The largest absolute Gasteiger partial charge is 0.486 e. The van der Waals surface area contributed by atoms with Crippen molar-refractivity contribution in [3.05, 3.63) is 53.3 Å². The number of benzene rings is 1. The van der Waals surface area contributed by atoms with E-state index in [9.17, 15) is 9.59 Å². The van der Waals surface area contributed by atoms with Gasteiger partial charge in [-0.25, -0.2) is 4.98 Å². The molecule has 0 atom stereocenters. The summed E-state index contributed by atoms with van der Waals surface area (Å²) in [5.74, 6) is 1.27.